The zero-order chi connectivity index (χ0) is 18.7. The van der Waals surface area contributed by atoms with Gasteiger partial charge in [-0.1, -0.05) is 0 Å². The van der Waals surface area contributed by atoms with Gasteiger partial charge in [0.15, 0.2) is 9.84 Å². The number of nitrogens with zero attached hydrogens (tertiary/aromatic N) is 3. The lowest BCUT2D eigenvalue weighted by atomic mass is 10.1. The molecule has 1 amide bonds. The quantitative estimate of drug-likeness (QED) is 0.882. The fourth-order valence-corrected chi connectivity index (χ4v) is 4.64. The Bertz CT molecular complexity index is 965. The van der Waals surface area contributed by atoms with Crippen LogP contribution in [0, 0.1) is 11.3 Å². The van der Waals surface area contributed by atoms with Crippen molar-refractivity contribution >= 4 is 27.1 Å². The molecule has 0 aliphatic carbocycles. The number of rotatable bonds is 4. The minimum atomic E-state index is -3.06. The van der Waals surface area contributed by atoms with Crippen LogP contribution in [-0.2, 0) is 9.84 Å². The number of nitriles is 1. The molecule has 1 N–H and O–H groups in total. The van der Waals surface area contributed by atoms with Gasteiger partial charge in [-0.3, -0.25) is 9.78 Å². The summed E-state index contributed by atoms with van der Waals surface area (Å²) in [5.41, 5.74) is 2.35. The Morgan fingerprint density at radius 1 is 1.27 bits per heavy atom. The van der Waals surface area contributed by atoms with Crippen LogP contribution in [0.3, 0.4) is 0 Å². The molecule has 7 nitrogen and oxygen atoms in total. The lowest BCUT2D eigenvalue weighted by Gasteiger charge is -2.23. The smallest absolute Gasteiger partial charge is 0.255 e. The van der Waals surface area contributed by atoms with E-state index in [4.69, 9.17) is 5.26 Å². The molecular weight excluding hydrogens is 352 g/mol. The largest absolute Gasteiger partial charge is 0.354 e. The lowest BCUT2D eigenvalue weighted by molar-refractivity contribution is 0.0747. The zero-order valence-electron chi connectivity index (χ0n) is 14.2. The van der Waals surface area contributed by atoms with Crippen LogP contribution >= 0.6 is 0 Å². The molecular formula is C18H18N4O3S. The van der Waals surface area contributed by atoms with Gasteiger partial charge in [-0.15, -0.1) is 0 Å². The van der Waals surface area contributed by atoms with Crippen LogP contribution < -0.4 is 5.32 Å². The normalized spacial score (nSPS) is 18.1. The number of carbonyl (C=O) groups is 1. The molecule has 1 unspecified atom stereocenters. The van der Waals surface area contributed by atoms with Gasteiger partial charge in [-0.25, -0.2) is 8.42 Å². The summed E-state index contributed by atoms with van der Waals surface area (Å²) >= 11 is 0. The Balaban J connectivity index is 1.73. The topological polar surface area (TPSA) is 103 Å². The summed E-state index contributed by atoms with van der Waals surface area (Å²) in [4.78, 5) is 18.2. The predicted molar refractivity (Wildman–Crippen MR) is 97.8 cm³/mol. The summed E-state index contributed by atoms with van der Waals surface area (Å²) in [5, 5.41) is 12.0. The Labute approximate surface area is 152 Å². The molecule has 2 aromatic rings. The summed E-state index contributed by atoms with van der Waals surface area (Å²) in [6.07, 6.45) is 3.52. The van der Waals surface area contributed by atoms with Gasteiger partial charge in [-0.2, -0.15) is 5.26 Å². The molecule has 2 heterocycles. The standard InChI is InChI=1S/C18H18N4O3S/c1-22(17-6-7-26(24,25)12-17)18(23)14-8-16(11-20-10-14)21-15-4-2-13(9-19)3-5-15/h2-5,8,10-11,17,21H,6-7,12H2,1H3. The van der Waals surface area contributed by atoms with Crippen LogP contribution in [0.2, 0.25) is 0 Å². The van der Waals surface area contributed by atoms with Crippen LogP contribution in [0.25, 0.3) is 0 Å². The van der Waals surface area contributed by atoms with Crippen LogP contribution in [0.4, 0.5) is 11.4 Å². The summed E-state index contributed by atoms with van der Waals surface area (Å²) in [6, 6.07) is 10.3. The highest BCUT2D eigenvalue weighted by molar-refractivity contribution is 7.91. The van der Waals surface area contributed by atoms with Crippen molar-refractivity contribution in [1.29, 1.82) is 5.26 Å². The average Bonchev–Trinajstić information content (AvgIpc) is 3.01. The van der Waals surface area contributed by atoms with Crippen LogP contribution in [0.1, 0.15) is 22.3 Å². The molecule has 0 spiro atoms. The van der Waals surface area contributed by atoms with Gasteiger partial charge in [0.1, 0.15) is 0 Å². The molecule has 0 saturated carbocycles. The van der Waals surface area contributed by atoms with Crippen LogP contribution in [0.15, 0.2) is 42.7 Å². The third-order valence-corrected chi connectivity index (χ3v) is 6.11. The molecule has 0 bridgehead atoms. The van der Waals surface area contributed by atoms with Crippen molar-refractivity contribution < 1.29 is 13.2 Å². The first-order chi connectivity index (χ1) is 12.4. The monoisotopic (exact) mass is 370 g/mol. The van der Waals surface area contributed by atoms with Gasteiger partial charge in [0.05, 0.1) is 40.6 Å². The number of benzene rings is 1. The second-order valence-corrected chi connectivity index (χ2v) is 8.48. The van der Waals surface area contributed by atoms with E-state index >= 15 is 0 Å². The van der Waals surface area contributed by atoms with E-state index in [-0.39, 0.29) is 23.5 Å². The van der Waals surface area contributed by atoms with E-state index in [1.807, 2.05) is 0 Å². The van der Waals surface area contributed by atoms with Gasteiger partial charge in [0.2, 0.25) is 0 Å². The van der Waals surface area contributed by atoms with Crippen molar-refractivity contribution in [2.45, 2.75) is 12.5 Å². The molecule has 8 heteroatoms. The van der Waals surface area contributed by atoms with Gasteiger partial charge in [0.25, 0.3) is 5.91 Å². The van der Waals surface area contributed by atoms with Crippen molar-refractivity contribution in [1.82, 2.24) is 9.88 Å². The van der Waals surface area contributed by atoms with Gasteiger partial charge in [0, 0.05) is 25.0 Å². The second kappa shape index (κ2) is 7.14. The van der Waals surface area contributed by atoms with Gasteiger partial charge >= 0.3 is 0 Å². The molecule has 134 valence electrons. The summed E-state index contributed by atoms with van der Waals surface area (Å²) in [6.45, 7) is 0. The van der Waals surface area contributed by atoms with Crippen molar-refractivity contribution in [2.24, 2.45) is 0 Å². The number of amides is 1. The highest BCUT2D eigenvalue weighted by atomic mass is 32.2. The fraction of sp³-hybridized carbons (Fsp3) is 0.278. The summed E-state index contributed by atoms with van der Waals surface area (Å²) in [7, 11) is -1.44. The molecule has 1 fully saturated rings. The van der Waals surface area contributed by atoms with Gasteiger partial charge < -0.3 is 10.2 Å². The first-order valence-electron chi connectivity index (χ1n) is 8.08. The molecule has 3 rings (SSSR count). The minimum absolute atomic E-state index is 0.00580. The molecule has 1 aromatic carbocycles. The van der Waals surface area contributed by atoms with E-state index in [1.165, 1.54) is 11.1 Å². The number of hydrogen-bond acceptors (Lipinski definition) is 6. The Morgan fingerprint density at radius 2 is 2.00 bits per heavy atom. The SMILES string of the molecule is CN(C(=O)c1cncc(Nc2ccc(C#N)cc2)c1)C1CCS(=O)(=O)C1. The maximum Gasteiger partial charge on any atom is 0.255 e. The maximum absolute atomic E-state index is 12.7. The number of aromatic nitrogens is 1. The third-order valence-electron chi connectivity index (χ3n) is 4.36. The third kappa shape index (κ3) is 4.00. The maximum atomic E-state index is 12.7. The molecule has 1 atom stereocenters. The number of anilines is 2. The number of nitrogens with one attached hydrogen (secondary N) is 1. The molecule has 1 saturated heterocycles. The number of pyridine rings is 1. The molecule has 1 aliphatic rings. The van der Waals surface area contributed by atoms with Crippen LogP contribution in [-0.4, -0.2) is 48.8 Å². The van der Waals surface area contributed by atoms with Crippen molar-refractivity contribution in [3.05, 3.63) is 53.9 Å². The Morgan fingerprint density at radius 3 is 2.62 bits per heavy atom. The highest BCUT2D eigenvalue weighted by Crippen LogP contribution is 2.21. The molecule has 1 aliphatic heterocycles. The van der Waals surface area contributed by atoms with Crippen molar-refractivity contribution in [3.8, 4) is 6.07 Å². The fourth-order valence-electron chi connectivity index (χ4n) is 2.87. The van der Waals surface area contributed by atoms with E-state index in [2.05, 4.69) is 16.4 Å². The minimum Gasteiger partial charge on any atom is -0.354 e. The first kappa shape index (κ1) is 17.9. The molecule has 0 radical (unpaired) electrons. The van der Waals surface area contributed by atoms with Crippen LogP contribution in [0.5, 0.6) is 0 Å². The van der Waals surface area contributed by atoms with E-state index < -0.39 is 9.84 Å². The van der Waals surface area contributed by atoms with Crippen molar-refractivity contribution in [3.63, 3.8) is 0 Å². The lowest BCUT2D eigenvalue weighted by Crippen LogP contribution is -2.37. The van der Waals surface area contributed by atoms with Gasteiger partial charge in [-0.05, 0) is 36.8 Å². The summed E-state index contributed by atoms with van der Waals surface area (Å²) in [5.74, 6) is -0.136. The Kier molecular flexibility index (Phi) is 4.91. The summed E-state index contributed by atoms with van der Waals surface area (Å²) < 4.78 is 23.3. The van der Waals surface area contributed by atoms with E-state index in [0.29, 0.717) is 23.2 Å². The number of hydrogen-bond donors (Lipinski definition) is 1. The van der Waals surface area contributed by atoms with E-state index in [9.17, 15) is 13.2 Å². The number of carbonyl (C=O) groups excluding carboxylic acids is 1. The first-order valence-corrected chi connectivity index (χ1v) is 9.90. The Hall–Kier alpha value is -2.92. The zero-order valence-corrected chi connectivity index (χ0v) is 15.0. The number of sulfone groups is 1. The second-order valence-electron chi connectivity index (χ2n) is 6.25. The molecule has 1 aromatic heterocycles. The average molecular weight is 370 g/mol. The molecule has 26 heavy (non-hydrogen) atoms. The predicted octanol–water partition coefficient (Wildman–Crippen LogP) is 1.96. The van der Waals surface area contributed by atoms with E-state index in [1.54, 1.807) is 43.6 Å². The van der Waals surface area contributed by atoms with E-state index in [0.717, 1.165) is 5.69 Å². The highest BCUT2D eigenvalue weighted by Gasteiger charge is 2.33. The van der Waals surface area contributed by atoms with Crippen molar-refractivity contribution in [2.75, 3.05) is 23.9 Å².